The van der Waals surface area contributed by atoms with Gasteiger partial charge < -0.3 is 4.84 Å². The minimum absolute atomic E-state index is 0.440. The van der Waals surface area contributed by atoms with Gasteiger partial charge in [-0.1, -0.05) is 91.0 Å². The van der Waals surface area contributed by atoms with Gasteiger partial charge in [-0.25, -0.2) is 4.79 Å². The molecule has 3 rings (SSSR count). The minimum Gasteiger partial charge on any atom is -0.370 e. The summed E-state index contributed by atoms with van der Waals surface area (Å²) < 4.78 is 0. The Morgan fingerprint density at radius 3 is 1.38 bits per heavy atom. The standard InChI is InChI=1S/C21H17NO2/c22-24-21(23)20(18-14-8-3-9-15-18)19(16-10-4-1-5-11-16)17-12-6-2-7-13-17/h1-15H,22H2. The molecule has 0 bridgehead atoms. The van der Waals surface area contributed by atoms with E-state index in [-0.39, 0.29) is 0 Å². The molecule has 0 atom stereocenters. The van der Waals surface area contributed by atoms with Crippen LogP contribution in [0.5, 0.6) is 0 Å². The van der Waals surface area contributed by atoms with Crippen LogP contribution in [0.25, 0.3) is 11.1 Å². The maximum Gasteiger partial charge on any atom is 0.357 e. The first kappa shape index (κ1) is 15.7. The Labute approximate surface area is 141 Å². The van der Waals surface area contributed by atoms with E-state index in [1.165, 1.54) is 0 Å². The minimum atomic E-state index is -0.566. The predicted octanol–water partition coefficient (Wildman–Crippen LogP) is 4.06. The molecule has 0 aliphatic heterocycles. The summed E-state index contributed by atoms with van der Waals surface area (Å²) in [5.74, 6) is 4.65. The van der Waals surface area contributed by atoms with E-state index in [1.54, 1.807) is 0 Å². The van der Waals surface area contributed by atoms with E-state index < -0.39 is 5.97 Å². The Morgan fingerprint density at radius 2 is 1.00 bits per heavy atom. The molecule has 0 amide bonds. The fraction of sp³-hybridized carbons (Fsp3) is 0. The smallest absolute Gasteiger partial charge is 0.357 e. The molecule has 0 aliphatic carbocycles. The summed E-state index contributed by atoms with van der Waals surface area (Å²) in [4.78, 5) is 17.1. The fourth-order valence-electron chi connectivity index (χ4n) is 2.69. The Morgan fingerprint density at radius 1 is 0.625 bits per heavy atom. The quantitative estimate of drug-likeness (QED) is 0.449. The molecule has 2 N–H and O–H groups in total. The summed E-state index contributed by atoms with van der Waals surface area (Å²) in [6.07, 6.45) is 0. The van der Waals surface area contributed by atoms with Crippen molar-refractivity contribution in [3.05, 3.63) is 108 Å². The zero-order valence-electron chi connectivity index (χ0n) is 13.1. The number of carbonyl (C=O) groups excluding carboxylic acids is 1. The fourth-order valence-corrected chi connectivity index (χ4v) is 2.69. The van der Waals surface area contributed by atoms with E-state index in [0.717, 1.165) is 22.3 Å². The van der Waals surface area contributed by atoms with Crippen molar-refractivity contribution in [1.82, 2.24) is 0 Å². The topological polar surface area (TPSA) is 52.3 Å². The third-order valence-corrected chi connectivity index (χ3v) is 3.75. The number of hydrogen-bond donors (Lipinski definition) is 1. The highest BCUT2D eigenvalue weighted by molar-refractivity contribution is 6.26. The van der Waals surface area contributed by atoms with Crippen LogP contribution >= 0.6 is 0 Å². The van der Waals surface area contributed by atoms with E-state index in [9.17, 15) is 4.79 Å². The zero-order valence-corrected chi connectivity index (χ0v) is 13.1. The molecular weight excluding hydrogens is 298 g/mol. The average molecular weight is 315 g/mol. The molecule has 0 fully saturated rings. The number of carbonyl (C=O) groups is 1. The Hall–Kier alpha value is -3.17. The lowest BCUT2D eigenvalue weighted by molar-refractivity contribution is -0.137. The molecule has 24 heavy (non-hydrogen) atoms. The van der Waals surface area contributed by atoms with Gasteiger partial charge in [0.1, 0.15) is 0 Å². The monoisotopic (exact) mass is 315 g/mol. The van der Waals surface area contributed by atoms with Crippen molar-refractivity contribution in [3.63, 3.8) is 0 Å². The van der Waals surface area contributed by atoms with Crippen LogP contribution in [-0.2, 0) is 9.63 Å². The first-order chi connectivity index (χ1) is 11.8. The van der Waals surface area contributed by atoms with Crippen LogP contribution in [0.4, 0.5) is 0 Å². The van der Waals surface area contributed by atoms with Crippen LogP contribution in [-0.4, -0.2) is 5.97 Å². The van der Waals surface area contributed by atoms with Crippen molar-refractivity contribution < 1.29 is 9.63 Å². The molecule has 3 nitrogen and oxygen atoms in total. The van der Waals surface area contributed by atoms with Gasteiger partial charge in [-0.15, -0.1) is 0 Å². The molecule has 118 valence electrons. The molecular formula is C21H17NO2. The summed E-state index contributed by atoms with van der Waals surface area (Å²) in [5, 5.41) is 0. The van der Waals surface area contributed by atoms with Gasteiger partial charge >= 0.3 is 5.97 Å². The molecule has 0 saturated carbocycles. The Balaban J connectivity index is 2.35. The van der Waals surface area contributed by atoms with Crippen molar-refractivity contribution in [2.45, 2.75) is 0 Å². The molecule has 3 aromatic rings. The van der Waals surface area contributed by atoms with E-state index in [1.807, 2.05) is 91.0 Å². The Kier molecular flexibility index (Phi) is 4.84. The molecule has 0 spiro atoms. The summed E-state index contributed by atoms with van der Waals surface area (Å²) in [5.41, 5.74) is 3.84. The SMILES string of the molecule is NOC(=O)C(=C(c1ccccc1)c1ccccc1)c1ccccc1. The van der Waals surface area contributed by atoms with Gasteiger partial charge in [0.2, 0.25) is 0 Å². The lowest BCUT2D eigenvalue weighted by Gasteiger charge is -2.15. The number of benzene rings is 3. The van der Waals surface area contributed by atoms with Gasteiger partial charge in [0.15, 0.2) is 0 Å². The first-order valence-corrected chi connectivity index (χ1v) is 7.63. The molecule has 0 radical (unpaired) electrons. The molecule has 0 unspecified atom stereocenters. The maximum absolute atomic E-state index is 12.5. The van der Waals surface area contributed by atoms with Gasteiger partial charge in [-0.05, 0) is 16.7 Å². The summed E-state index contributed by atoms with van der Waals surface area (Å²) >= 11 is 0. The second-order valence-electron chi connectivity index (χ2n) is 5.25. The van der Waals surface area contributed by atoms with Crippen LogP contribution < -0.4 is 5.90 Å². The van der Waals surface area contributed by atoms with Crippen LogP contribution in [0.1, 0.15) is 16.7 Å². The van der Waals surface area contributed by atoms with Gasteiger partial charge in [0.05, 0.1) is 5.57 Å². The highest BCUT2D eigenvalue weighted by atomic mass is 16.7. The maximum atomic E-state index is 12.5. The largest absolute Gasteiger partial charge is 0.370 e. The molecule has 0 saturated heterocycles. The van der Waals surface area contributed by atoms with Crippen molar-refractivity contribution in [2.24, 2.45) is 5.90 Å². The van der Waals surface area contributed by atoms with E-state index in [4.69, 9.17) is 5.90 Å². The number of rotatable bonds is 4. The second kappa shape index (κ2) is 7.40. The van der Waals surface area contributed by atoms with Gasteiger partial charge in [-0.2, -0.15) is 5.90 Å². The summed E-state index contributed by atoms with van der Waals surface area (Å²) in [6, 6.07) is 28.9. The molecule has 0 aliphatic rings. The molecule has 3 heteroatoms. The molecule has 3 aromatic carbocycles. The average Bonchev–Trinajstić information content (AvgIpc) is 2.67. The lowest BCUT2D eigenvalue weighted by atomic mass is 9.89. The van der Waals surface area contributed by atoms with E-state index >= 15 is 0 Å². The predicted molar refractivity (Wildman–Crippen MR) is 95.5 cm³/mol. The third-order valence-electron chi connectivity index (χ3n) is 3.75. The zero-order chi connectivity index (χ0) is 16.8. The normalized spacial score (nSPS) is 10.0. The lowest BCUT2D eigenvalue weighted by Crippen LogP contribution is -2.14. The summed E-state index contributed by atoms with van der Waals surface area (Å²) in [7, 11) is 0. The van der Waals surface area contributed by atoms with Crippen LogP contribution in [0, 0.1) is 0 Å². The third kappa shape index (κ3) is 3.26. The first-order valence-electron chi connectivity index (χ1n) is 7.63. The Bertz CT molecular complexity index is 799. The highest BCUT2D eigenvalue weighted by Gasteiger charge is 2.21. The molecule has 0 aromatic heterocycles. The second-order valence-corrected chi connectivity index (χ2v) is 5.25. The summed E-state index contributed by atoms with van der Waals surface area (Å²) in [6.45, 7) is 0. The highest BCUT2D eigenvalue weighted by Crippen LogP contribution is 2.32. The van der Waals surface area contributed by atoms with Gasteiger partial charge in [0.25, 0.3) is 0 Å². The van der Waals surface area contributed by atoms with Crippen LogP contribution in [0.15, 0.2) is 91.0 Å². The van der Waals surface area contributed by atoms with Crippen LogP contribution in [0.3, 0.4) is 0 Å². The van der Waals surface area contributed by atoms with Crippen molar-refractivity contribution in [2.75, 3.05) is 0 Å². The van der Waals surface area contributed by atoms with Crippen molar-refractivity contribution in [1.29, 1.82) is 0 Å². The number of hydrogen-bond acceptors (Lipinski definition) is 3. The van der Waals surface area contributed by atoms with Crippen LogP contribution in [0.2, 0.25) is 0 Å². The van der Waals surface area contributed by atoms with Crippen molar-refractivity contribution >= 4 is 17.1 Å². The van der Waals surface area contributed by atoms with E-state index in [0.29, 0.717) is 5.57 Å². The number of nitrogens with two attached hydrogens (primary N) is 1. The van der Waals surface area contributed by atoms with E-state index in [2.05, 4.69) is 4.84 Å². The van der Waals surface area contributed by atoms with Crippen molar-refractivity contribution in [3.8, 4) is 0 Å². The van der Waals surface area contributed by atoms with Gasteiger partial charge in [0, 0.05) is 5.57 Å². The molecule has 0 heterocycles. The van der Waals surface area contributed by atoms with Gasteiger partial charge in [-0.3, -0.25) is 0 Å².